The first-order chi connectivity index (χ1) is 61.2. The van der Waals surface area contributed by atoms with Gasteiger partial charge >= 0.3 is 48.1 Å². The fourth-order valence-corrected chi connectivity index (χ4v) is 14.9. The number of fused-ring (bicyclic) bond motifs is 8. The van der Waals surface area contributed by atoms with Gasteiger partial charge in [-0.05, 0) is 289 Å². The summed E-state index contributed by atoms with van der Waals surface area (Å²) < 4.78 is 69.2. The first-order valence-corrected chi connectivity index (χ1v) is 41.8. The highest BCUT2D eigenvalue weighted by Crippen LogP contribution is 2.59. The maximum Gasteiger partial charge on any atom is 0.519 e. The van der Waals surface area contributed by atoms with E-state index in [1.54, 1.807) is 97.1 Å². The van der Waals surface area contributed by atoms with Crippen LogP contribution < -0.4 is 47.4 Å². The number of carbonyl (C=O) groups is 9. The van der Waals surface area contributed by atoms with Gasteiger partial charge in [-0.25, -0.2) is 38.4 Å². The molecule has 0 atom stereocenters. The SMILES string of the molecule is C=CC(=O)OCCCCOc1ccc(C(=O)Oc2ccc(O)cc2)cc1.C=CC(=O)OCCCCOc1ccc(C(=O)Oc2ccc(OC(=O)Oc3cccc4c3C3(CC4)CCc4cccc(OC(=O)Oc5ccc(OC(=O)c6ccc(OCCCCOC(=O)C=C)cc6)cc5)c43)cc2)cc1.CC(=O)C(Cl)(Cl)Cl.Oc1cccc2c1C1(CC2)CCc2cccc(O)c21. The lowest BCUT2D eigenvalue weighted by Crippen LogP contribution is -2.25. The number of phenols is 3. The highest BCUT2D eigenvalue weighted by Gasteiger charge is 2.50. The minimum atomic E-state index is -1.72. The zero-order valence-corrected chi connectivity index (χ0v) is 71.5. The van der Waals surface area contributed by atoms with Gasteiger partial charge in [-0.2, -0.15) is 0 Å². The third-order valence-electron chi connectivity index (χ3n) is 20.9. The molecule has 0 aliphatic heterocycles. The number of Topliss-reactive ketones (excluding diaryl/α,β-unsaturated/α-hetero) is 1. The van der Waals surface area contributed by atoms with Gasteiger partial charge < -0.3 is 76.9 Å². The van der Waals surface area contributed by atoms with Crippen LogP contribution in [0.25, 0.3) is 0 Å². The average Bonchev–Trinajstić information content (AvgIpc) is 1.56. The van der Waals surface area contributed by atoms with E-state index >= 15 is 0 Å². The molecule has 0 radical (unpaired) electrons. The van der Waals surface area contributed by atoms with Crippen molar-refractivity contribution in [3.8, 4) is 74.7 Å². The predicted octanol–water partition coefficient (Wildman–Crippen LogP) is 20.0. The lowest BCUT2D eigenvalue weighted by molar-refractivity contribution is -0.138. The lowest BCUT2D eigenvalue weighted by atomic mass is 9.76. The van der Waals surface area contributed by atoms with E-state index in [4.69, 9.17) is 96.4 Å². The largest absolute Gasteiger partial charge is 0.519 e. The average molecular weight is 1790 g/mol. The molecule has 10 aromatic rings. The van der Waals surface area contributed by atoms with E-state index in [-0.39, 0.29) is 47.4 Å². The summed E-state index contributed by atoms with van der Waals surface area (Å²) >= 11 is 15.1. The van der Waals surface area contributed by atoms with Crippen molar-refractivity contribution in [2.24, 2.45) is 0 Å². The van der Waals surface area contributed by atoms with Crippen LogP contribution in [0.1, 0.15) is 147 Å². The number of phenolic OH excluding ortho intramolecular Hbond substituents is 3. The van der Waals surface area contributed by atoms with Gasteiger partial charge in [0.1, 0.15) is 74.7 Å². The van der Waals surface area contributed by atoms with Crippen molar-refractivity contribution in [2.45, 2.75) is 111 Å². The lowest BCUT2D eigenvalue weighted by Gasteiger charge is -2.29. The molecule has 2 spiro atoms. The Morgan fingerprint density at radius 1 is 0.331 bits per heavy atom. The molecular formula is C99H91Cl3O25. The number of aryl methyl sites for hydroxylation is 4. The van der Waals surface area contributed by atoms with E-state index < -0.39 is 63.1 Å². The Labute approximate surface area is 747 Å². The maximum atomic E-state index is 13.4. The zero-order chi connectivity index (χ0) is 90.5. The number of unbranched alkanes of at least 4 members (excludes halogenated alkanes) is 3. The number of esters is 6. The number of hydrogen-bond acceptors (Lipinski definition) is 25. The quantitative estimate of drug-likeness (QED) is 0.00691. The monoisotopic (exact) mass is 1780 g/mol. The van der Waals surface area contributed by atoms with Gasteiger partial charge in [0.25, 0.3) is 0 Å². The molecule has 0 saturated carbocycles. The second kappa shape index (κ2) is 45.1. The molecule has 0 saturated heterocycles. The maximum absolute atomic E-state index is 13.4. The number of benzene rings is 10. The Bertz CT molecular complexity index is 5300. The molecule has 4 aliphatic carbocycles. The molecule has 0 fully saturated rings. The molecule has 10 aromatic carbocycles. The van der Waals surface area contributed by atoms with Crippen molar-refractivity contribution in [1.82, 2.24) is 0 Å². The van der Waals surface area contributed by atoms with Crippen LogP contribution in [-0.2, 0) is 69.9 Å². The Hall–Kier alpha value is -13.9. The summed E-state index contributed by atoms with van der Waals surface area (Å²) in [5.41, 5.74) is 8.33. The standard InChI is InChI=1S/C59H52O16.C20H20O6.C17H16O2.C3H3Cl3O/c1-3-51(60)68-37-7-5-35-66-43-19-15-41(16-20-43)55(62)70-45-23-27-47(28-24-45)72-57(64)74-49-13-9-11-39-31-33-59(53(39)49)34-32-40-12-10-14-50(54(40)59)75-58(65)73-48-29-25-46(26-30-48)71-56(63)42-17-21-44(22-18-42)67-36-6-8-38-69-52(61)4-2;1-2-19(22)25-14-4-3-13-24-17-9-5-15(6-10-17)20(23)26-18-11-7-16(21)8-12-18;18-13-5-1-3-11-7-9-17(15(11)13)10-8-12-4-2-6-14(19)16(12)17;1-2(7)3(4,5)6/h3-4,9-30H,1-2,5-8,31-38H2;2,5-12,21H,1,3-4,13-14H2;1-6,18-19H,7-10H2;1H3. The van der Waals surface area contributed by atoms with Crippen LogP contribution in [0.5, 0.6) is 74.7 Å². The van der Waals surface area contributed by atoms with E-state index in [0.717, 1.165) is 83.7 Å². The summed E-state index contributed by atoms with van der Waals surface area (Å²) in [6, 6.07) is 59.9. The van der Waals surface area contributed by atoms with E-state index in [2.05, 4.69) is 31.9 Å². The molecule has 0 amide bonds. The van der Waals surface area contributed by atoms with E-state index in [1.807, 2.05) is 36.4 Å². The van der Waals surface area contributed by atoms with Gasteiger partial charge in [-0.1, -0.05) is 103 Å². The number of carbonyl (C=O) groups excluding carboxylic acids is 9. The van der Waals surface area contributed by atoms with Crippen LogP contribution >= 0.6 is 34.8 Å². The van der Waals surface area contributed by atoms with Crippen LogP contribution in [-0.4, -0.2) is 113 Å². The summed E-state index contributed by atoms with van der Waals surface area (Å²) in [6.45, 7) is 13.4. The van der Waals surface area contributed by atoms with Crippen molar-refractivity contribution in [3.63, 3.8) is 0 Å². The van der Waals surface area contributed by atoms with Crippen LogP contribution in [0.3, 0.4) is 0 Å². The molecule has 4 aliphatic rings. The van der Waals surface area contributed by atoms with Gasteiger partial charge in [0, 0.05) is 51.3 Å². The van der Waals surface area contributed by atoms with Crippen molar-refractivity contribution >= 4 is 88.7 Å². The van der Waals surface area contributed by atoms with Crippen LogP contribution in [0, 0.1) is 0 Å². The third-order valence-corrected chi connectivity index (χ3v) is 21.7. The number of ketones is 1. The highest BCUT2D eigenvalue weighted by atomic mass is 35.6. The topological polar surface area (TPSA) is 334 Å². The Morgan fingerprint density at radius 3 is 0.874 bits per heavy atom. The number of ether oxygens (including phenoxy) is 13. The predicted molar refractivity (Wildman–Crippen MR) is 471 cm³/mol. The molecule has 25 nitrogen and oxygen atoms in total. The third kappa shape index (κ3) is 25.9. The van der Waals surface area contributed by atoms with E-state index in [0.29, 0.717) is 147 Å². The van der Waals surface area contributed by atoms with Gasteiger partial charge in [0.05, 0.1) is 56.3 Å². The number of aromatic hydroxyl groups is 3. The first kappa shape index (κ1) is 93.8. The van der Waals surface area contributed by atoms with Crippen molar-refractivity contribution in [2.75, 3.05) is 39.6 Å². The molecule has 3 N–H and O–H groups in total. The molecule has 658 valence electrons. The molecule has 0 heterocycles. The molecule has 0 bridgehead atoms. The van der Waals surface area contributed by atoms with E-state index in [9.17, 15) is 58.5 Å². The second-order valence-corrected chi connectivity index (χ2v) is 31.6. The fraction of sp³-hybridized carbons (Fsp3) is 0.242. The number of hydrogen-bond donors (Lipinski definition) is 3. The van der Waals surface area contributed by atoms with Crippen molar-refractivity contribution in [3.05, 3.63) is 318 Å². The minimum absolute atomic E-state index is 0.102. The molecule has 28 heteroatoms. The summed E-state index contributed by atoms with van der Waals surface area (Å²) in [5.74, 6) is 0.860. The first-order valence-electron chi connectivity index (χ1n) is 40.7. The molecule has 14 rings (SSSR count). The summed E-state index contributed by atoms with van der Waals surface area (Å²) in [5, 5.41) is 29.8. The number of halogens is 3. The normalized spacial score (nSPS) is 12.8. The smallest absolute Gasteiger partial charge is 0.508 e. The van der Waals surface area contributed by atoms with Gasteiger partial charge in [0.15, 0.2) is 5.78 Å². The minimum Gasteiger partial charge on any atom is -0.508 e. The van der Waals surface area contributed by atoms with Gasteiger partial charge in [-0.15, -0.1) is 0 Å². The van der Waals surface area contributed by atoms with Crippen LogP contribution in [0.4, 0.5) is 9.59 Å². The molecule has 0 unspecified atom stereocenters. The fourth-order valence-electron chi connectivity index (χ4n) is 14.9. The molecule has 127 heavy (non-hydrogen) atoms. The Balaban J connectivity index is 0.000000240. The summed E-state index contributed by atoms with van der Waals surface area (Å²) in [7, 11) is 0. The summed E-state index contributed by atoms with van der Waals surface area (Å²) in [6.07, 6.45) is 12.1. The van der Waals surface area contributed by atoms with Gasteiger partial charge in [0.2, 0.25) is 3.79 Å². The zero-order valence-electron chi connectivity index (χ0n) is 69.2. The number of rotatable bonds is 31. The Kier molecular flexibility index (Phi) is 33.3. The van der Waals surface area contributed by atoms with Crippen LogP contribution in [0.15, 0.2) is 256 Å². The number of alkyl halides is 3. The van der Waals surface area contributed by atoms with E-state index in [1.165, 1.54) is 90.8 Å². The molecule has 0 aromatic heterocycles. The molecular weight excluding hydrogens is 1700 g/mol. The van der Waals surface area contributed by atoms with Crippen molar-refractivity contribution in [1.29, 1.82) is 0 Å². The summed E-state index contributed by atoms with van der Waals surface area (Å²) in [4.78, 5) is 108. The highest BCUT2D eigenvalue weighted by molar-refractivity contribution is 6.76. The van der Waals surface area contributed by atoms with Crippen LogP contribution in [0.2, 0.25) is 0 Å². The Morgan fingerprint density at radius 2 is 0.583 bits per heavy atom. The van der Waals surface area contributed by atoms with Crippen molar-refractivity contribution < 1.29 is 120 Å². The second-order valence-electron chi connectivity index (χ2n) is 29.3. The van der Waals surface area contributed by atoms with Gasteiger partial charge in [-0.3, -0.25) is 4.79 Å².